The first-order chi connectivity index (χ1) is 9.73. The lowest BCUT2D eigenvalue weighted by Gasteiger charge is -2.24. The second-order valence-electron chi connectivity index (χ2n) is 6.07. The van der Waals surface area contributed by atoms with Crippen LogP contribution in [0.15, 0.2) is 6.07 Å². The van der Waals surface area contributed by atoms with Gasteiger partial charge in [-0.1, -0.05) is 11.6 Å². The van der Waals surface area contributed by atoms with Crippen LogP contribution >= 0.6 is 11.6 Å². The van der Waals surface area contributed by atoms with Gasteiger partial charge in [-0.05, 0) is 33.8 Å². The number of aryl methyl sites for hydroxylation is 1. The largest absolute Gasteiger partial charge is 0.458 e. The zero-order valence-electron chi connectivity index (χ0n) is 12.7. The first kappa shape index (κ1) is 15.8. The Morgan fingerprint density at radius 2 is 2.14 bits per heavy atom. The molecule has 0 aliphatic carbocycles. The molecule has 1 aliphatic heterocycles. The van der Waals surface area contributed by atoms with E-state index in [2.05, 4.69) is 9.97 Å². The summed E-state index contributed by atoms with van der Waals surface area (Å²) in [6.45, 7) is 8.41. The molecular formula is C14H20ClN3O3. The summed E-state index contributed by atoms with van der Waals surface area (Å²) in [6, 6.07) is 1.91. The molecule has 0 radical (unpaired) electrons. The Labute approximate surface area is 129 Å². The third-order valence-electron chi connectivity index (χ3n) is 2.87. The molecule has 1 amide bonds. The summed E-state index contributed by atoms with van der Waals surface area (Å²) in [4.78, 5) is 21.8. The van der Waals surface area contributed by atoms with Gasteiger partial charge in [0, 0.05) is 18.7 Å². The van der Waals surface area contributed by atoms with Gasteiger partial charge in [0.15, 0.2) is 0 Å². The van der Waals surface area contributed by atoms with E-state index in [-0.39, 0.29) is 18.2 Å². The minimum atomic E-state index is -0.497. The second-order valence-corrected chi connectivity index (χ2v) is 6.46. The third kappa shape index (κ3) is 4.74. The van der Waals surface area contributed by atoms with Crippen LogP contribution in [0.25, 0.3) is 0 Å². The van der Waals surface area contributed by atoms with E-state index in [4.69, 9.17) is 21.1 Å². The van der Waals surface area contributed by atoms with Crippen molar-refractivity contribution in [1.82, 2.24) is 14.9 Å². The number of likely N-dealkylation sites (tertiary alicyclic amines) is 1. The highest BCUT2D eigenvalue weighted by atomic mass is 35.5. The summed E-state index contributed by atoms with van der Waals surface area (Å²) >= 11 is 5.87. The molecule has 1 saturated heterocycles. The second kappa shape index (κ2) is 6.05. The number of nitrogens with zero attached hydrogens (tertiary/aromatic N) is 3. The number of aromatic nitrogens is 2. The van der Waals surface area contributed by atoms with E-state index >= 15 is 0 Å². The van der Waals surface area contributed by atoms with Gasteiger partial charge in [-0.2, -0.15) is 4.98 Å². The minimum absolute atomic E-state index is 0.143. The number of ether oxygens (including phenoxy) is 2. The maximum Gasteiger partial charge on any atom is 0.410 e. The van der Waals surface area contributed by atoms with Crippen LogP contribution in [0.4, 0.5) is 4.79 Å². The van der Waals surface area contributed by atoms with Gasteiger partial charge in [0.05, 0.1) is 6.54 Å². The predicted molar refractivity (Wildman–Crippen MR) is 78.6 cm³/mol. The molecule has 0 bridgehead atoms. The van der Waals surface area contributed by atoms with Gasteiger partial charge in [-0.15, -0.1) is 0 Å². The Kier molecular flexibility index (Phi) is 4.56. The van der Waals surface area contributed by atoms with Crippen LogP contribution in [0.3, 0.4) is 0 Å². The summed E-state index contributed by atoms with van der Waals surface area (Å²) in [5, 5.41) is 0.347. The molecule has 1 atom stereocenters. The molecule has 116 valence electrons. The molecular weight excluding hydrogens is 294 g/mol. The van der Waals surface area contributed by atoms with Crippen molar-refractivity contribution in [1.29, 1.82) is 0 Å². The van der Waals surface area contributed by atoms with Crippen LogP contribution in [0, 0.1) is 6.92 Å². The molecule has 1 aromatic heterocycles. The zero-order chi connectivity index (χ0) is 15.6. The fourth-order valence-electron chi connectivity index (χ4n) is 2.02. The van der Waals surface area contributed by atoms with Crippen molar-refractivity contribution >= 4 is 17.7 Å². The lowest BCUT2D eigenvalue weighted by molar-refractivity contribution is 0.0274. The molecule has 0 spiro atoms. The monoisotopic (exact) mass is 313 g/mol. The maximum absolute atomic E-state index is 12.0. The number of carbonyl (C=O) groups is 1. The lowest BCUT2D eigenvalue weighted by atomic mass is 10.2. The van der Waals surface area contributed by atoms with E-state index in [1.165, 1.54) is 0 Å². The molecule has 21 heavy (non-hydrogen) atoms. The van der Waals surface area contributed by atoms with E-state index < -0.39 is 5.60 Å². The van der Waals surface area contributed by atoms with Gasteiger partial charge in [0.2, 0.25) is 0 Å². The van der Waals surface area contributed by atoms with Crippen molar-refractivity contribution in [3.05, 3.63) is 16.9 Å². The number of carbonyl (C=O) groups excluding carboxylic acids is 1. The average molecular weight is 314 g/mol. The SMILES string of the molecule is Cc1cc(Cl)nc(OC2CCN(C(=O)OC(C)(C)C)C2)n1. The average Bonchev–Trinajstić information content (AvgIpc) is 2.73. The Balaban J connectivity index is 1.92. The number of rotatable bonds is 2. The van der Waals surface area contributed by atoms with E-state index in [9.17, 15) is 4.79 Å². The van der Waals surface area contributed by atoms with Gasteiger partial charge >= 0.3 is 12.1 Å². The summed E-state index contributed by atoms with van der Waals surface area (Å²) in [6.07, 6.45) is 0.251. The van der Waals surface area contributed by atoms with E-state index in [0.717, 1.165) is 5.69 Å². The Morgan fingerprint density at radius 3 is 2.76 bits per heavy atom. The highest BCUT2D eigenvalue weighted by molar-refractivity contribution is 6.29. The number of hydrogen-bond donors (Lipinski definition) is 0. The molecule has 1 aromatic rings. The van der Waals surface area contributed by atoms with Crippen molar-refractivity contribution < 1.29 is 14.3 Å². The Hall–Kier alpha value is -1.56. The van der Waals surface area contributed by atoms with E-state index in [1.807, 2.05) is 27.7 Å². The molecule has 1 unspecified atom stereocenters. The summed E-state index contributed by atoms with van der Waals surface area (Å²) < 4.78 is 11.0. The number of amides is 1. The van der Waals surface area contributed by atoms with Crippen molar-refractivity contribution in [2.45, 2.75) is 45.8 Å². The standard InChI is InChI=1S/C14H20ClN3O3/c1-9-7-11(15)17-12(16-9)20-10-5-6-18(8-10)13(19)21-14(2,3)4/h7,10H,5-6,8H2,1-4H3. The molecule has 2 heterocycles. The highest BCUT2D eigenvalue weighted by Gasteiger charge is 2.31. The van der Waals surface area contributed by atoms with E-state index in [1.54, 1.807) is 11.0 Å². The fourth-order valence-corrected chi connectivity index (χ4v) is 2.25. The van der Waals surface area contributed by atoms with Gasteiger partial charge in [-0.25, -0.2) is 9.78 Å². The minimum Gasteiger partial charge on any atom is -0.458 e. The van der Waals surface area contributed by atoms with Gasteiger partial charge in [0.25, 0.3) is 0 Å². The van der Waals surface area contributed by atoms with E-state index in [0.29, 0.717) is 24.7 Å². The molecule has 0 aromatic carbocycles. The predicted octanol–water partition coefficient (Wildman–Crippen LogP) is 2.83. The maximum atomic E-state index is 12.0. The number of halogens is 1. The first-order valence-electron chi connectivity index (χ1n) is 6.89. The van der Waals surface area contributed by atoms with Crippen LogP contribution < -0.4 is 4.74 Å². The highest BCUT2D eigenvalue weighted by Crippen LogP contribution is 2.19. The summed E-state index contributed by atoms with van der Waals surface area (Å²) in [5.41, 5.74) is 0.246. The molecule has 0 saturated carbocycles. The molecule has 0 N–H and O–H groups in total. The van der Waals surface area contributed by atoms with Crippen LogP contribution in [0.5, 0.6) is 6.01 Å². The van der Waals surface area contributed by atoms with Gasteiger partial charge in [-0.3, -0.25) is 0 Å². The lowest BCUT2D eigenvalue weighted by Crippen LogP contribution is -2.36. The Morgan fingerprint density at radius 1 is 1.43 bits per heavy atom. The molecule has 1 fully saturated rings. The van der Waals surface area contributed by atoms with Gasteiger partial charge in [0.1, 0.15) is 16.9 Å². The smallest absolute Gasteiger partial charge is 0.410 e. The van der Waals surface area contributed by atoms with Crippen molar-refractivity contribution in [2.75, 3.05) is 13.1 Å². The fraction of sp³-hybridized carbons (Fsp3) is 0.643. The molecule has 2 rings (SSSR count). The van der Waals surface area contributed by atoms with Crippen molar-refractivity contribution in [2.24, 2.45) is 0 Å². The van der Waals surface area contributed by atoms with Crippen LogP contribution in [0.1, 0.15) is 32.9 Å². The van der Waals surface area contributed by atoms with Gasteiger partial charge < -0.3 is 14.4 Å². The Bertz CT molecular complexity index is 510. The third-order valence-corrected chi connectivity index (χ3v) is 3.06. The summed E-state index contributed by atoms with van der Waals surface area (Å²) in [7, 11) is 0. The van der Waals surface area contributed by atoms with Crippen molar-refractivity contribution in [3.8, 4) is 6.01 Å². The quantitative estimate of drug-likeness (QED) is 0.786. The van der Waals surface area contributed by atoms with Crippen LogP contribution in [-0.2, 0) is 4.74 Å². The molecule has 6 nitrogen and oxygen atoms in total. The van der Waals surface area contributed by atoms with Crippen LogP contribution in [-0.4, -0.2) is 45.8 Å². The summed E-state index contributed by atoms with van der Waals surface area (Å²) in [5.74, 6) is 0. The first-order valence-corrected chi connectivity index (χ1v) is 7.26. The van der Waals surface area contributed by atoms with Crippen molar-refractivity contribution in [3.63, 3.8) is 0 Å². The molecule has 1 aliphatic rings. The normalized spacial score (nSPS) is 18.7. The molecule has 7 heteroatoms. The van der Waals surface area contributed by atoms with Crippen LogP contribution in [0.2, 0.25) is 5.15 Å². The topological polar surface area (TPSA) is 64.5 Å². The zero-order valence-corrected chi connectivity index (χ0v) is 13.5. The number of hydrogen-bond acceptors (Lipinski definition) is 5.